The summed E-state index contributed by atoms with van der Waals surface area (Å²) < 4.78 is 0. The third kappa shape index (κ3) is 6.35. The molecule has 0 aliphatic carbocycles. The quantitative estimate of drug-likeness (QED) is 0.289. The van der Waals surface area contributed by atoms with Gasteiger partial charge in [0.25, 0.3) is 5.91 Å². The molecule has 1 aliphatic rings. The third-order valence-electron chi connectivity index (χ3n) is 7.77. The predicted octanol–water partition coefficient (Wildman–Crippen LogP) is 3.17. The van der Waals surface area contributed by atoms with Crippen molar-refractivity contribution in [2.75, 3.05) is 20.1 Å². The molecule has 1 fully saturated rings. The summed E-state index contributed by atoms with van der Waals surface area (Å²) in [5, 5.41) is 6.55. The van der Waals surface area contributed by atoms with Gasteiger partial charge in [-0.05, 0) is 47.7 Å². The molecule has 0 saturated carbocycles. The van der Waals surface area contributed by atoms with Crippen molar-refractivity contribution in [3.05, 3.63) is 107 Å². The second-order valence-electron chi connectivity index (χ2n) is 10.9. The zero-order valence-electron chi connectivity index (χ0n) is 24.0. The Labute approximate surface area is 244 Å². The predicted molar refractivity (Wildman–Crippen MR) is 160 cm³/mol. The largest absolute Gasteiger partial charge is 0.361 e. The molecule has 4 aromatic rings. The Bertz CT molecular complexity index is 1630. The molecule has 9 nitrogen and oxygen atoms in total. The van der Waals surface area contributed by atoms with Gasteiger partial charge in [0.15, 0.2) is 0 Å². The molecule has 3 aromatic carbocycles. The van der Waals surface area contributed by atoms with Gasteiger partial charge in [0.1, 0.15) is 25.2 Å². The maximum Gasteiger partial charge on any atom is 0.250 e. The molecule has 42 heavy (non-hydrogen) atoms. The molecule has 1 aromatic heterocycles. The van der Waals surface area contributed by atoms with Crippen LogP contribution in [0.25, 0.3) is 10.9 Å². The maximum atomic E-state index is 13.8. The second kappa shape index (κ2) is 12.3. The topological polar surface area (TPSA) is 115 Å². The smallest absolute Gasteiger partial charge is 0.250 e. The van der Waals surface area contributed by atoms with Gasteiger partial charge in [-0.2, -0.15) is 0 Å². The molecule has 0 spiro atoms. The van der Waals surface area contributed by atoms with E-state index in [9.17, 15) is 19.2 Å². The molecule has 4 amide bonds. The SMILES string of the molecule is Cc1ccc(CN(C)C(=O)C(Cc2c[nH]c3ccccc23)NC(=O)CN2CC(=O)NC(c3ccccc3)C2=O)cc1C. The Morgan fingerprint density at radius 3 is 2.50 bits per heavy atom. The van der Waals surface area contributed by atoms with E-state index in [0.29, 0.717) is 12.1 Å². The number of aromatic nitrogens is 1. The number of aromatic amines is 1. The van der Waals surface area contributed by atoms with Crippen molar-refractivity contribution in [3.8, 4) is 0 Å². The maximum absolute atomic E-state index is 13.8. The molecule has 1 saturated heterocycles. The van der Waals surface area contributed by atoms with Gasteiger partial charge in [0, 0.05) is 37.1 Å². The van der Waals surface area contributed by atoms with Crippen LogP contribution in [0.15, 0.2) is 79.0 Å². The van der Waals surface area contributed by atoms with Crippen molar-refractivity contribution in [1.29, 1.82) is 0 Å². The standard InChI is InChI=1S/C33H35N5O4/c1-21-13-14-23(15-22(21)2)18-37(3)32(41)28(16-25-17-34-27-12-8-7-11-26(25)27)35-29(39)19-38-20-30(40)36-31(33(38)42)24-9-5-4-6-10-24/h4-15,17,28,31,34H,16,18-20H2,1-3H3,(H,35,39)(H,36,40). The lowest BCUT2D eigenvalue weighted by molar-refractivity contribution is -0.147. The summed E-state index contributed by atoms with van der Waals surface area (Å²) in [4.78, 5) is 58.9. The van der Waals surface area contributed by atoms with Crippen molar-refractivity contribution in [2.45, 2.75) is 38.9 Å². The number of hydrogen-bond acceptors (Lipinski definition) is 4. The van der Waals surface area contributed by atoms with E-state index in [4.69, 9.17) is 0 Å². The molecule has 0 radical (unpaired) electrons. The Hall–Kier alpha value is -4.92. The minimum atomic E-state index is -0.883. The Morgan fingerprint density at radius 1 is 1.00 bits per heavy atom. The normalized spacial score (nSPS) is 15.8. The lowest BCUT2D eigenvalue weighted by Gasteiger charge is -2.33. The molecule has 2 unspecified atom stereocenters. The fourth-order valence-corrected chi connectivity index (χ4v) is 5.36. The second-order valence-corrected chi connectivity index (χ2v) is 10.9. The number of nitrogens with one attached hydrogen (secondary N) is 3. The van der Waals surface area contributed by atoms with Crippen molar-refractivity contribution in [3.63, 3.8) is 0 Å². The Morgan fingerprint density at radius 2 is 1.74 bits per heavy atom. The molecule has 216 valence electrons. The molecule has 2 heterocycles. The number of fused-ring (bicyclic) bond motifs is 1. The highest BCUT2D eigenvalue weighted by Crippen LogP contribution is 2.21. The number of para-hydroxylation sites is 1. The Balaban J connectivity index is 1.34. The number of likely N-dealkylation sites (N-methyl/N-ethyl adjacent to an activating group) is 1. The van der Waals surface area contributed by atoms with Crippen molar-refractivity contribution >= 4 is 34.5 Å². The van der Waals surface area contributed by atoms with Gasteiger partial charge < -0.3 is 25.4 Å². The summed E-state index contributed by atoms with van der Waals surface area (Å²) in [5.41, 5.74) is 5.77. The number of amides is 4. The average molecular weight is 566 g/mol. The number of H-pyrrole nitrogens is 1. The summed E-state index contributed by atoms with van der Waals surface area (Å²) in [5.74, 6) is -1.49. The first-order valence-corrected chi connectivity index (χ1v) is 14.0. The van der Waals surface area contributed by atoms with Crippen LogP contribution in [0.1, 0.15) is 33.9 Å². The van der Waals surface area contributed by atoms with Crippen LogP contribution in [0.5, 0.6) is 0 Å². The van der Waals surface area contributed by atoms with E-state index in [1.807, 2.05) is 62.5 Å². The van der Waals surface area contributed by atoms with E-state index >= 15 is 0 Å². The van der Waals surface area contributed by atoms with Crippen molar-refractivity contribution < 1.29 is 19.2 Å². The van der Waals surface area contributed by atoms with Crippen LogP contribution in [0.2, 0.25) is 0 Å². The van der Waals surface area contributed by atoms with Crippen LogP contribution < -0.4 is 10.6 Å². The highest BCUT2D eigenvalue weighted by Gasteiger charge is 2.35. The molecule has 1 aliphatic heterocycles. The number of piperazine rings is 1. The monoisotopic (exact) mass is 565 g/mol. The van der Waals surface area contributed by atoms with Gasteiger partial charge in [-0.1, -0.05) is 66.7 Å². The number of hydrogen-bond donors (Lipinski definition) is 3. The Kier molecular flexibility index (Phi) is 8.38. The summed E-state index contributed by atoms with van der Waals surface area (Å²) in [6.45, 7) is 3.88. The van der Waals surface area contributed by atoms with Gasteiger partial charge in [0.05, 0.1) is 0 Å². The summed E-state index contributed by atoms with van der Waals surface area (Å²) >= 11 is 0. The van der Waals surface area contributed by atoms with Crippen LogP contribution in [0.4, 0.5) is 0 Å². The highest BCUT2D eigenvalue weighted by atomic mass is 16.2. The van der Waals surface area contributed by atoms with E-state index in [0.717, 1.165) is 27.6 Å². The zero-order valence-corrected chi connectivity index (χ0v) is 24.0. The van der Waals surface area contributed by atoms with Crippen LogP contribution in [0, 0.1) is 13.8 Å². The van der Waals surface area contributed by atoms with Crippen LogP contribution >= 0.6 is 0 Å². The minimum absolute atomic E-state index is 0.233. The van der Waals surface area contributed by atoms with Gasteiger partial charge >= 0.3 is 0 Å². The van der Waals surface area contributed by atoms with E-state index in [2.05, 4.69) is 21.7 Å². The molecular weight excluding hydrogens is 530 g/mol. The summed E-state index contributed by atoms with van der Waals surface area (Å²) in [6, 6.07) is 21.0. The zero-order chi connectivity index (χ0) is 29.8. The van der Waals surface area contributed by atoms with Crippen molar-refractivity contribution in [2.24, 2.45) is 0 Å². The summed E-state index contributed by atoms with van der Waals surface area (Å²) in [6.07, 6.45) is 2.11. The number of nitrogens with zero attached hydrogens (tertiary/aromatic N) is 2. The first-order chi connectivity index (χ1) is 20.2. The molecule has 9 heteroatoms. The van der Waals surface area contributed by atoms with Gasteiger partial charge in [-0.3, -0.25) is 19.2 Å². The third-order valence-corrected chi connectivity index (χ3v) is 7.77. The van der Waals surface area contributed by atoms with E-state index < -0.39 is 18.0 Å². The van der Waals surface area contributed by atoms with E-state index in [1.54, 1.807) is 36.2 Å². The van der Waals surface area contributed by atoms with Crippen LogP contribution in [-0.2, 0) is 32.1 Å². The lowest BCUT2D eigenvalue weighted by atomic mass is 10.0. The fourth-order valence-electron chi connectivity index (χ4n) is 5.36. The molecule has 0 bridgehead atoms. The average Bonchev–Trinajstić information content (AvgIpc) is 3.39. The first kappa shape index (κ1) is 28.6. The lowest BCUT2D eigenvalue weighted by Crippen LogP contribution is -2.57. The number of rotatable bonds is 9. The number of benzene rings is 3. The molecule has 5 rings (SSSR count). The number of carbonyl (C=O) groups is 4. The fraction of sp³-hybridized carbons (Fsp3) is 0.273. The first-order valence-electron chi connectivity index (χ1n) is 14.0. The van der Waals surface area contributed by atoms with E-state index in [-0.39, 0.29) is 37.2 Å². The van der Waals surface area contributed by atoms with Crippen LogP contribution in [0.3, 0.4) is 0 Å². The highest BCUT2D eigenvalue weighted by molar-refractivity contribution is 5.98. The molecule has 2 atom stereocenters. The summed E-state index contributed by atoms with van der Waals surface area (Å²) in [7, 11) is 1.72. The van der Waals surface area contributed by atoms with Gasteiger partial charge in [-0.15, -0.1) is 0 Å². The van der Waals surface area contributed by atoms with Crippen LogP contribution in [-0.4, -0.2) is 64.6 Å². The van der Waals surface area contributed by atoms with E-state index in [1.165, 1.54) is 10.5 Å². The number of carbonyl (C=O) groups excluding carboxylic acids is 4. The van der Waals surface area contributed by atoms with Crippen molar-refractivity contribution in [1.82, 2.24) is 25.4 Å². The number of aryl methyl sites for hydroxylation is 2. The molecular formula is C33H35N5O4. The molecule has 3 N–H and O–H groups in total. The van der Waals surface area contributed by atoms with Gasteiger partial charge in [-0.25, -0.2) is 0 Å². The minimum Gasteiger partial charge on any atom is -0.361 e. The van der Waals surface area contributed by atoms with Gasteiger partial charge in [0.2, 0.25) is 17.7 Å².